The summed E-state index contributed by atoms with van der Waals surface area (Å²) >= 11 is 0.987. The van der Waals surface area contributed by atoms with Gasteiger partial charge in [-0.15, -0.1) is 11.3 Å². The van der Waals surface area contributed by atoms with Crippen molar-refractivity contribution in [2.24, 2.45) is 0 Å². The molecule has 0 saturated heterocycles. The number of H-pyrrole nitrogens is 1. The molecule has 4 rings (SSSR count). The predicted octanol–water partition coefficient (Wildman–Crippen LogP) is 1.56. The van der Waals surface area contributed by atoms with E-state index in [9.17, 15) is 29.0 Å². The normalized spacial score (nSPS) is 16.5. The Labute approximate surface area is 184 Å². The van der Waals surface area contributed by atoms with Gasteiger partial charge in [0.15, 0.2) is 0 Å². The number of benzene rings is 1. The molecule has 0 saturated carbocycles. The number of anilines is 1. The lowest BCUT2D eigenvalue weighted by molar-refractivity contribution is -0.147. The number of hydrogen-bond acceptors (Lipinski definition) is 7. The average molecular weight is 462 g/mol. The van der Waals surface area contributed by atoms with Gasteiger partial charge in [0.25, 0.3) is 0 Å². The zero-order valence-corrected chi connectivity index (χ0v) is 17.3. The molecule has 2 aromatic heterocycles. The maximum Gasteiger partial charge on any atom is 0.394 e. The third kappa shape index (κ3) is 4.21. The fourth-order valence-corrected chi connectivity index (χ4v) is 5.04. The number of nitrogens with one attached hydrogen (secondary N) is 4. The number of rotatable bonds is 6. The van der Waals surface area contributed by atoms with Crippen molar-refractivity contribution in [3.05, 3.63) is 51.8 Å². The second-order valence-corrected chi connectivity index (χ2v) is 8.29. The number of fused-ring (bicyclic) bond motifs is 2. The number of carboxylic acids is 2. The Morgan fingerprint density at radius 3 is 2.75 bits per heavy atom. The molecule has 0 radical (unpaired) electrons. The second kappa shape index (κ2) is 8.67. The molecule has 0 bridgehead atoms. The lowest BCUT2D eigenvalue weighted by atomic mass is 9.99. The summed E-state index contributed by atoms with van der Waals surface area (Å²) in [6.07, 6.45) is -0.703. The minimum absolute atomic E-state index is 0.0400. The number of carboxylic acid groups (broad SMARTS) is 2. The zero-order valence-electron chi connectivity index (χ0n) is 16.4. The SMILES string of the molecule is O=C(O)C(=O)Nc1sc2c(c1C(=O)O)CCN[C@H]2CNC(O)c1cc2cc(F)ccc2[nH]1. The number of aliphatic carboxylic acids is 1. The molecule has 0 aliphatic carbocycles. The summed E-state index contributed by atoms with van der Waals surface area (Å²) in [5, 5.41) is 37.8. The van der Waals surface area contributed by atoms with Crippen molar-refractivity contribution in [3.8, 4) is 0 Å². The highest BCUT2D eigenvalue weighted by Gasteiger charge is 2.31. The molecule has 2 atom stereocenters. The van der Waals surface area contributed by atoms with Crippen molar-refractivity contribution in [3.63, 3.8) is 0 Å². The molecular formula is C20H19FN4O6S. The van der Waals surface area contributed by atoms with Crippen LogP contribution < -0.4 is 16.0 Å². The smallest absolute Gasteiger partial charge is 0.394 e. The van der Waals surface area contributed by atoms with Crippen LogP contribution in [0.2, 0.25) is 0 Å². The first kappa shape index (κ1) is 21.9. The van der Waals surface area contributed by atoms with Crippen molar-refractivity contribution in [1.29, 1.82) is 0 Å². The number of aromatic amines is 1. The molecule has 7 N–H and O–H groups in total. The van der Waals surface area contributed by atoms with E-state index in [1.807, 2.05) is 0 Å². The quantitative estimate of drug-likeness (QED) is 0.214. The minimum atomic E-state index is -1.72. The summed E-state index contributed by atoms with van der Waals surface area (Å²) in [4.78, 5) is 37.8. The molecule has 1 unspecified atom stereocenters. The largest absolute Gasteiger partial charge is 0.478 e. The Bertz CT molecular complexity index is 1220. The highest BCUT2D eigenvalue weighted by Crippen LogP contribution is 2.39. The van der Waals surface area contributed by atoms with Crippen LogP contribution in [-0.2, 0) is 16.0 Å². The number of halogens is 1. The van der Waals surface area contributed by atoms with Crippen LogP contribution in [0.5, 0.6) is 0 Å². The molecule has 1 amide bonds. The van der Waals surface area contributed by atoms with E-state index in [0.717, 1.165) is 11.3 Å². The first-order valence-electron chi connectivity index (χ1n) is 9.60. The number of aliphatic hydroxyl groups is 1. The number of aliphatic hydroxyl groups excluding tert-OH is 1. The molecule has 168 valence electrons. The lowest BCUT2D eigenvalue weighted by Crippen LogP contribution is -2.37. The molecular weight excluding hydrogens is 443 g/mol. The molecule has 10 nitrogen and oxygen atoms in total. The minimum Gasteiger partial charge on any atom is -0.478 e. The fourth-order valence-electron chi connectivity index (χ4n) is 3.72. The van der Waals surface area contributed by atoms with E-state index in [1.165, 1.54) is 12.1 Å². The second-order valence-electron chi connectivity index (χ2n) is 7.24. The summed E-state index contributed by atoms with van der Waals surface area (Å²) in [6, 6.07) is 5.48. The van der Waals surface area contributed by atoms with Gasteiger partial charge < -0.3 is 30.9 Å². The van der Waals surface area contributed by atoms with Crippen LogP contribution in [0.3, 0.4) is 0 Å². The van der Waals surface area contributed by atoms with Crippen LogP contribution >= 0.6 is 11.3 Å². The monoisotopic (exact) mass is 462 g/mol. The highest BCUT2D eigenvalue weighted by molar-refractivity contribution is 7.17. The number of carbonyl (C=O) groups excluding carboxylic acids is 1. The molecule has 12 heteroatoms. The van der Waals surface area contributed by atoms with Crippen molar-refractivity contribution in [2.75, 3.05) is 18.4 Å². The van der Waals surface area contributed by atoms with Crippen molar-refractivity contribution in [2.45, 2.75) is 18.7 Å². The fraction of sp³-hybridized carbons (Fsp3) is 0.250. The number of thiophene rings is 1. The van der Waals surface area contributed by atoms with Gasteiger partial charge in [0.1, 0.15) is 17.0 Å². The van der Waals surface area contributed by atoms with Crippen LogP contribution in [0.4, 0.5) is 9.39 Å². The van der Waals surface area contributed by atoms with Gasteiger partial charge in [0.05, 0.1) is 17.3 Å². The Kier molecular flexibility index (Phi) is 5.93. The number of hydrogen-bond donors (Lipinski definition) is 7. The van der Waals surface area contributed by atoms with Gasteiger partial charge in [-0.3, -0.25) is 10.1 Å². The van der Waals surface area contributed by atoms with Gasteiger partial charge >= 0.3 is 17.8 Å². The Balaban J connectivity index is 1.53. The Hall–Kier alpha value is -3.32. The molecule has 1 aliphatic rings. The molecule has 3 heterocycles. The predicted molar refractivity (Wildman–Crippen MR) is 113 cm³/mol. The first-order chi connectivity index (χ1) is 15.2. The van der Waals surface area contributed by atoms with Gasteiger partial charge in [0, 0.05) is 22.3 Å². The van der Waals surface area contributed by atoms with Crippen LogP contribution in [0, 0.1) is 5.82 Å². The van der Waals surface area contributed by atoms with Crippen LogP contribution in [0.1, 0.15) is 38.8 Å². The van der Waals surface area contributed by atoms with Gasteiger partial charge in [-0.05, 0) is 42.8 Å². The van der Waals surface area contributed by atoms with Crippen LogP contribution in [0.15, 0.2) is 24.3 Å². The van der Waals surface area contributed by atoms with Gasteiger partial charge in [-0.2, -0.15) is 0 Å². The van der Waals surface area contributed by atoms with E-state index in [-0.39, 0.29) is 29.0 Å². The summed E-state index contributed by atoms with van der Waals surface area (Å²) in [5.41, 5.74) is 1.51. The first-order valence-corrected chi connectivity index (χ1v) is 10.4. The highest BCUT2D eigenvalue weighted by atomic mass is 32.1. The standard InChI is InChI=1S/C20H19FN4O6S/c21-9-1-2-11-8(5-9)6-12(24-11)16(26)23-7-13-15-10(3-4-22-13)14(19(28)29)18(32-15)25-17(27)20(30)31/h1-2,5-6,13,16,22-24,26H,3-4,7H2,(H,25,27)(H,28,29)(H,30,31)/t13-,16?/m0/s1. The van der Waals surface area contributed by atoms with E-state index in [4.69, 9.17) is 5.11 Å². The molecule has 3 aromatic rings. The van der Waals surface area contributed by atoms with E-state index in [1.54, 1.807) is 12.1 Å². The maximum absolute atomic E-state index is 13.4. The van der Waals surface area contributed by atoms with E-state index < -0.39 is 24.1 Å². The van der Waals surface area contributed by atoms with Crippen LogP contribution in [0.25, 0.3) is 10.9 Å². The number of aromatic carboxylic acids is 1. The van der Waals surface area contributed by atoms with E-state index in [2.05, 4.69) is 20.9 Å². The third-order valence-electron chi connectivity index (χ3n) is 5.17. The zero-order chi connectivity index (χ0) is 23.0. The average Bonchev–Trinajstić information content (AvgIpc) is 3.32. The summed E-state index contributed by atoms with van der Waals surface area (Å²) < 4.78 is 13.4. The summed E-state index contributed by atoms with van der Waals surface area (Å²) in [5.74, 6) is -4.69. The van der Waals surface area contributed by atoms with Gasteiger partial charge in [0.2, 0.25) is 0 Å². The van der Waals surface area contributed by atoms with Crippen molar-refractivity contribution in [1.82, 2.24) is 15.6 Å². The molecule has 0 fully saturated rings. The van der Waals surface area contributed by atoms with E-state index >= 15 is 0 Å². The number of aromatic nitrogens is 1. The summed E-state index contributed by atoms with van der Waals surface area (Å²) in [7, 11) is 0. The number of amides is 1. The lowest BCUT2D eigenvalue weighted by Gasteiger charge is -2.25. The van der Waals surface area contributed by atoms with E-state index in [0.29, 0.717) is 40.0 Å². The van der Waals surface area contributed by atoms with Crippen molar-refractivity contribution < 1.29 is 34.1 Å². The van der Waals surface area contributed by atoms with Gasteiger partial charge in [-0.25, -0.2) is 14.0 Å². The molecule has 1 aromatic carbocycles. The van der Waals surface area contributed by atoms with Crippen molar-refractivity contribution >= 4 is 45.1 Å². The molecule has 0 spiro atoms. The molecule has 32 heavy (non-hydrogen) atoms. The Morgan fingerprint density at radius 2 is 2.03 bits per heavy atom. The van der Waals surface area contributed by atoms with Crippen LogP contribution in [-0.4, -0.2) is 51.2 Å². The summed E-state index contributed by atoms with van der Waals surface area (Å²) in [6.45, 7) is 0.675. The topological polar surface area (TPSA) is 164 Å². The number of carbonyl (C=O) groups is 3. The maximum atomic E-state index is 13.4. The Morgan fingerprint density at radius 1 is 1.25 bits per heavy atom. The third-order valence-corrected chi connectivity index (χ3v) is 6.43. The van der Waals surface area contributed by atoms with Gasteiger partial charge in [-0.1, -0.05) is 0 Å². The molecule has 1 aliphatic heterocycles.